The van der Waals surface area contributed by atoms with Crippen LogP contribution in [0.3, 0.4) is 0 Å². The molecule has 1 rings (SSSR count). The van der Waals surface area contributed by atoms with E-state index in [1.54, 1.807) is 25.1 Å². The lowest BCUT2D eigenvalue weighted by Gasteiger charge is -2.21. The molecule has 1 unspecified atom stereocenters. The lowest BCUT2D eigenvalue weighted by molar-refractivity contribution is 0.0518. The van der Waals surface area contributed by atoms with Crippen LogP contribution in [-0.2, 0) is 0 Å². The van der Waals surface area contributed by atoms with Crippen molar-refractivity contribution in [2.45, 2.75) is 25.9 Å². The summed E-state index contributed by atoms with van der Waals surface area (Å²) in [6.45, 7) is 3.77. The minimum absolute atomic E-state index is 0.220. The summed E-state index contributed by atoms with van der Waals surface area (Å²) >= 11 is 9.07. The average Bonchev–Trinajstić information content (AvgIpc) is 2.26. The molecule has 3 nitrogen and oxygen atoms in total. The second-order valence-electron chi connectivity index (χ2n) is 4.16. The van der Waals surface area contributed by atoms with Gasteiger partial charge in [-0.2, -0.15) is 0 Å². The van der Waals surface area contributed by atoms with Crippen molar-refractivity contribution in [3.63, 3.8) is 0 Å². The lowest BCUT2D eigenvalue weighted by Crippen LogP contribution is -2.40. The van der Waals surface area contributed by atoms with E-state index in [0.29, 0.717) is 21.5 Å². The zero-order chi connectivity index (χ0) is 13.1. The molecule has 0 aromatic heterocycles. The van der Waals surface area contributed by atoms with Gasteiger partial charge in [0.25, 0.3) is 5.91 Å². The van der Waals surface area contributed by atoms with Crippen molar-refractivity contribution in [2.24, 2.45) is 0 Å². The van der Waals surface area contributed by atoms with E-state index in [2.05, 4.69) is 21.2 Å². The topological polar surface area (TPSA) is 49.3 Å². The smallest absolute Gasteiger partial charge is 0.252 e. The number of amides is 1. The van der Waals surface area contributed by atoms with Gasteiger partial charge in [-0.1, -0.05) is 18.5 Å². The van der Waals surface area contributed by atoms with Gasteiger partial charge >= 0.3 is 0 Å². The molecular weight excluding hydrogens is 305 g/mol. The number of carbonyl (C=O) groups is 1. The van der Waals surface area contributed by atoms with Crippen LogP contribution in [0.25, 0.3) is 0 Å². The van der Waals surface area contributed by atoms with Crippen molar-refractivity contribution in [3.8, 4) is 0 Å². The molecule has 0 saturated heterocycles. The predicted molar refractivity (Wildman–Crippen MR) is 72.4 cm³/mol. The van der Waals surface area contributed by atoms with E-state index < -0.39 is 5.60 Å². The second-order valence-corrected chi connectivity index (χ2v) is 5.45. The van der Waals surface area contributed by atoms with E-state index in [4.69, 9.17) is 11.6 Å². The van der Waals surface area contributed by atoms with Gasteiger partial charge in [-0.05, 0) is 47.5 Å². The molecule has 0 aliphatic heterocycles. The first-order valence-corrected chi connectivity index (χ1v) is 6.48. The Hall–Kier alpha value is -0.580. The van der Waals surface area contributed by atoms with Gasteiger partial charge < -0.3 is 10.4 Å². The predicted octanol–water partition coefficient (Wildman–Crippen LogP) is 2.99. The van der Waals surface area contributed by atoms with Crippen LogP contribution in [0.1, 0.15) is 30.6 Å². The molecule has 0 spiro atoms. The van der Waals surface area contributed by atoms with Gasteiger partial charge in [0.2, 0.25) is 0 Å². The van der Waals surface area contributed by atoms with Crippen molar-refractivity contribution in [2.75, 3.05) is 6.54 Å². The van der Waals surface area contributed by atoms with Gasteiger partial charge in [0.1, 0.15) is 0 Å². The van der Waals surface area contributed by atoms with Crippen LogP contribution in [0.5, 0.6) is 0 Å². The summed E-state index contributed by atoms with van der Waals surface area (Å²) in [7, 11) is 0. The Balaban J connectivity index is 2.71. The first-order chi connectivity index (χ1) is 7.85. The molecule has 0 radical (unpaired) electrons. The van der Waals surface area contributed by atoms with E-state index in [-0.39, 0.29) is 12.5 Å². The standard InChI is InChI=1S/C12H15BrClNO2/c1-3-12(2,17)7-15-11(16)9-5-4-8(14)6-10(9)13/h4-6,17H,3,7H2,1-2H3,(H,15,16). The van der Waals surface area contributed by atoms with Crippen LogP contribution in [0.2, 0.25) is 5.02 Å². The van der Waals surface area contributed by atoms with Crippen LogP contribution < -0.4 is 5.32 Å². The van der Waals surface area contributed by atoms with E-state index in [1.807, 2.05) is 6.92 Å². The summed E-state index contributed by atoms with van der Waals surface area (Å²) in [4.78, 5) is 11.8. The first kappa shape index (κ1) is 14.5. The third-order valence-corrected chi connectivity index (χ3v) is 3.46. The maximum absolute atomic E-state index is 11.8. The number of hydrogen-bond acceptors (Lipinski definition) is 2. The van der Waals surface area contributed by atoms with Crippen molar-refractivity contribution < 1.29 is 9.90 Å². The molecule has 1 aromatic carbocycles. The SMILES string of the molecule is CCC(C)(O)CNC(=O)c1ccc(Cl)cc1Br. The maximum Gasteiger partial charge on any atom is 0.252 e. The van der Waals surface area contributed by atoms with Crippen molar-refractivity contribution in [1.29, 1.82) is 0 Å². The number of hydrogen-bond donors (Lipinski definition) is 2. The van der Waals surface area contributed by atoms with Crippen LogP contribution in [0, 0.1) is 0 Å². The maximum atomic E-state index is 11.8. The molecule has 0 fully saturated rings. The van der Waals surface area contributed by atoms with E-state index in [0.717, 1.165) is 0 Å². The van der Waals surface area contributed by atoms with E-state index in [9.17, 15) is 9.90 Å². The largest absolute Gasteiger partial charge is 0.388 e. The highest BCUT2D eigenvalue weighted by molar-refractivity contribution is 9.10. The highest BCUT2D eigenvalue weighted by atomic mass is 79.9. The lowest BCUT2D eigenvalue weighted by atomic mass is 10.0. The van der Waals surface area contributed by atoms with Crippen molar-refractivity contribution >= 4 is 33.4 Å². The minimum atomic E-state index is -0.880. The Morgan fingerprint density at radius 1 is 1.59 bits per heavy atom. The Morgan fingerprint density at radius 2 is 2.24 bits per heavy atom. The fourth-order valence-electron chi connectivity index (χ4n) is 1.16. The number of nitrogens with one attached hydrogen (secondary N) is 1. The fraction of sp³-hybridized carbons (Fsp3) is 0.417. The summed E-state index contributed by atoms with van der Waals surface area (Å²) in [5, 5.41) is 13.0. The third-order valence-electron chi connectivity index (χ3n) is 2.57. The molecule has 0 saturated carbocycles. The first-order valence-electron chi connectivity index (χ1n) is 5.31. The van der Waals surface area contributed by atoms with E-state index in [1.165, 1.54) is 0 Å². The molecule has 0 bridgehead atoms. The molecule has 5 heteroatoms. The molecule has 1 aromatic rings. The molecule has 0 aliphatic rings. The van der Waals surface area contributed by atoms with Gasteiger partial charge in [0.05, 0.1) is 11.2 Å². The molecule has 1 atom stereocenters. The summed E-state index contributed by atoms with van der Waals surface area (Å²) in [6.07, 6.45) is 0.578. The fourth-order valence-corrected chi connectivity index (χ4v) is 2.03. The highest BCUT2D eigenvalue weighted by Gasteiger charge is 2.19. The zero-order valence-corrected chi connectivity index (χ0v) is 12.1. The Kier molecular flexibility index (Phi) is 4.98. The molecule has 0 heterocycles. The Labute approximate surface area is 114 Å². The van der Waals surface area contributed by atoms with Gasteiger partial charge in [0, 0.05) is 16.0 Å². The Bertz CT molecular complexity index is 421. The van der Waals surface area contributed by atoms with E-state index >= 15 is 0 Å². The highest BCUT2D eigenvalue weighted by Crippen LogP contribution is 2.21. The van der Waals surface area contributed by atoms with Crippen molar-refractivity contribution in [1.82, 2.24) is 5.32 Å². The molecule has 1 amide bonds. The summed E-state index contributed by atoms with van der Waals surface area (Å²) in [5.74, 6) is -0.234. The quantitative estimate of drug-likeness (QED) is 0.896. The average molecular weight is 321 g/mol. The van der Waals surface area contributed by atoms with Gasteiger partial charge in [0.15, 0.2) is 0 Å². The summed E-state index contributed by atoms with van der Waals surface area (Å²) < 4.78 is 0.638. The summed E-state index contributed by atoms with van der Waals surface area (Å²) in [5.41, 5.74) is -0.379. The second kappa shape index (κ2) is 5.85. The zero-order valence-electron chi connectivity index (χ0n) is 9.76. The summed E-state index contributed by atoms with van der Waals surface area (Å²) in [6, 6.07) is 4.95. The number of rotatable bonds is 4. The normalized spacial score (nSPS) is 14.2. The molecule has 0 aliphatic carbocycles. The number of halogens is 2. The Morgan fingerprint density at radius 3 is 2.76 bits per heavy atom. The van der Waals surface area contributed by atoms with Crippen LogP contribution >= 0.6 is 27.5 Å². The number of benzene rings is 1. The molecule has 2 N–H and O–H groups in total. The van der Waals surface area contributed by atoms with Gasteiger partial charge in [-0.15, -0.1) is 0 Å². The third kappa shape index (κ3) is 4.30. The molecule has 94 valence electrons. The minimum Gasteiger partial charge on any atom is -0.388 e. The number of carbonyl (C=O) groups excluding carboxylic acids is 1. The molecular formula is C12H15BrClNO2. The molecule has 17 heavy (non-hydrogen) atoms. The number of aliphatic hydroxyl groups is 1. The van der Waals surface area contributed by atoms with Crippen LogP contribution in [0.4, 0.5) is 0 Å². The van der Waals surface area contributed by atoms with Crippen LogP contribution in [-0.4, -0.2) is 23.2 Å². The van der Waals surface area contributed by atoms with Gasteiger partial charge in [-0.25, -0.2) is 0 Å². The van der Waals surface area contributed by atoms with Crippen molar-refractivity contribution in [3.05, 3.63) is 33.3 Å². The monoisotopic (exact) mass is 319 g/mol. The van der Waals surface area contributed by atoms with Gasteiger partial charge in [-0.3, -0.25) is 4.79 Å². The van der Waals surface area contributed by atoms with Crippen LogP contribution in [0.15, 0.2) is 22.7 Å².